The van der Waals surface area contributed by atoms with Gasteiger partial charge in [-0.15, -0.1) is 0 Å². The van der Waals surface area contributed by atoms with Crippen LogP contribution in [-0.2, 0) is 17.9 Å². The van der Waals surface area contributed by atoms with Gasteiger partial charge in [0.05, 0.1) is 0 Å². The maximum Gasteiger partial charge on any atom is 0.185 e. The van der Waals surface area contributed by atoms with E-state index in [0.29, 0.717) is 11.5 Å². The third-order valence-corrected chi connectivity index (χ3v) is 8.05. The Morgan fingerprint density at radius 3 is 1.49 bits per heavy atom. The molecule has 1 saturated carbocycles. The van der Waals surface area contributed by atoms with E-state index in [-0.39, 0.29) is 5.78 Å². The number of likely N-dealkylation sites (tertiary alicyclic amines) is 2. The fourth-order valence-electron chi connectivity index (χ4n) is 5.94. The molecule has 2 heterocycles. The Bertz CT molecular complexity index is 1080. The van der Waals surface area contributed by atoms with Gasteiger partial charge in [-0.25, -0.2) is 0 Å². The molecule has 0 unspecified atom stereocenters. The molecule has 2 aliphatic heterocycles. The summed E-state index contributed by atoms with van der Waals surface area (Å²) in [4.78, 5) is 18.2. The number of ketones is 1. The maximum absolute atomic E-state index is 13.4. The van der Waals surface area contributed by atoms with E-state index in [4.69, 9.17) is 0 Å². The largest absolute Gasteiger partial charge is 0.508 e. The molecule has 2 N–H and O–H groups in total. The molecule has 2 aromatic rings. The van der Waals surface area contributed by atoms with Crippen molar-refractivity contribution in [2.45, 2.75) is 70.9 Å². The second-order valence-corrected chi connectivity index (χ2v) is 11.0. The Labute approximate surface area is 221 Å². The highest BCUT2D eigenvalue weighted by atomic mass is 16.3. The smallest absolute Gasteiger partial charge is 0.185 e. The van der Waals surface area contributed by atoms with Gasteiger partial charge in [-0.3, -0.25) is 14.6 Å². The molecule has 3 aliphatic rings. The van der Waals surface area contributed by atoms with Gasteiger partial charge in [0.1, 0.15) is 11.5 Å². The number of phenols is 2. The number of hydrogen-bond acceptors (Lipinski definition) is 5. The molecular formula is C32H40N2O3. The number of carbonyl (C=O) groups is 1. The zero-order valence-corrected chi connectivity index (χ0v) is 21.9. The van der Waals surface area contributed by atoms with Gasteiger partial charge in [0.15, 0.2) is 5.78 Å². The number of aromatic hydroxyl groups is 2. The summed E-state index contributed by atoms with van der Waals surface area (Å²) in [5, 5.41) is 20.9. The van der Waals surface area contributed by atoms with Gasteiger partial charge in [-0.05, 0) is 119 Å². The Hall–Kier alpha value is -2.89. The number of hydrogen-bond donors (Lipinski definition) is 2. The van der Waals surface area contributed by atoms with Gasteiger partial charge < -0.3 is 10.2 Å². The lowest BCUT2D eigenvalue weighted by atomic mass is 9.86. The maximum atomic E-state index is 13.4. The number of rotatable bonds is 6. The summed E-state index contributed by atoms with van der Waals surface area (Å²) in [5.41, 5.74) is 5.48. The van der Waals surface area contributed by atoms with Crippen LogP contribution in [0.4, 0.5) is 0 Å². The minimum Gasteiger partial charge on any atom is -0.508 e. The summed E-state index contributed by atoms with van der Waals surface area (Å²) in [7, 11) is 0. The summed E-state index contributed by atoms with van der Waals surface area (Å²) < 4.78 is 0. The first-order valence-corrected chi connectivity index (χ1v) is 14.1. The molecule has 0 atom stereocenters. The molecule has 5 heteroatoms. The molecule has 0 aromatic heterocycles. The summed E-state index contributed by atoms with van der Waals surface area (Å²) in [5.74, 6) is 0.773. The van der Waals surface area contributed by atoms with Gasteiger partial charge >= 0.3 is 0 Å². The molecule has 0 radical (unpaired) electrons. The van der Waals surface area contributed by atoms with Gasteiger partial charge in [-0.2, -0.15) is 0 Å². The monoisotopic (exact) mass is 500 g/mol. The molecule has 37 heavy (non-hydrogen) atoms. The summed E-state index contributed by atoms with van der Waals surface area (Å²) in [6, 6.07) is 11.4. The standard InChI is InChI=1S/C32H40N2O3/c35-30-12-10-24(20-28(30)22-33-14-3-1-4-15-33)18-26-8-7-9-27(32(26)37)19-25-11-13-31(36)29(21-25)23-34-16-5-2-6-17-34/h10-13,18-21,35-36H,1-9,14-17,22-23H2. The Morgan fingerprint density at radius 1 is 0.622 bits per heavy atom. The van der Waals surface area contributed by atoms with Crippen molar-refractivity contribution >= 4 is 17.9 Å². The first-order chi connectivity index (χ1) is 18.0. The van der Waals surface area contributed by atoms with Crippen LogP contribution < -0.4 is 0 Å². The Balaban J connectivity index is 1.32. The van der Waals surface area contributed by atoms with Crippen LogP contribution in [0.15, 0.2) is 47.5 Å². The number of nitrogens with zero attached hydrogens (tertiary/aromatic N) is 2. The quantitative estimate of drug-likeness (QED) is 0.457. The van der Waals surface area contributed by atoms with Gasteiger partial charge in [0.25, 0.3) is 0 Å². The number of Topliss-reactive ketones (excluding diaryl/α,β-unsaturated/α-hetero) is 1. The highest BCUT2D eigenvalue weighted by molar-refractivity contribution is 6.14. The predicted octanol–water partition coefficient (Wildman–Crippen LogP) is 6.29. The molecule has 2 saturated heterocycles. The molecule has 1 aliphatic carbocycles. The fraction of sp³-hybridized carbons (Fsp3) is 0.469. The van der Waals surface area contributed by atoms with Crippen LogP contribution in [-0.4, -0.2) is 52.0 Å². The second kappa shape index (κ2) is 12.1. The van der Waals surface area contributed by atoms with Crippen molar-refractivity contribution in [3.63, 3.8) is 0 Å². The topological polar surface area (TPSA) is 64.0 Å². The van der Waals surface area contributed by atoms with Crippen LogP contribution in [0.1, 0.15) is 80.0 Å². The first kappa shape index (κ1) is 25.7. The van der Waals surface area contributed by atoms with E-state index in [0.717, 1.165) is 91.9 Å². The van der Waals surface area contributed by atoms with Crippen molar-refractivity contribution in [1.29, 1.82) is 0 Å². The van der Waals surface area contributed by atoms with Crippen molar-refractivity contribution in [1.82, 2.24) is 9.80 Å². The molecule has 0 bridgehead atoms. The minimum atomic E-state index is 0.113. The van der Waals surface area contributed by atoms with Crippen LogP contribution >= 0.6 is 0 Å². The van der Waals surface area contributed by atoms with Crippen LogP contribution in [0.25, 0.3) is 12.2 Å². The molecule has 5 rings (SSSR count). The highest BCUT2D eigenvalue weighted by Crippen LogP contribution is 2.31. The van der Waals surface area contributed by atoms with E-state index in [1.807, 2.05) is 36.4 Å². The normalized spacial score (nSPS) is 22.1. The third-order valence-electron chi connectivity index (χ3n) is 8.05. The molecule has 0 amide bonds. The fourth-order valence-corrected chi connectivity index (χ4v) is 5.94. The van der Waals surface area contributed by atoms with E-state index in [2.05, 4.69) is 9.80 Å². The number of carbonyl (C=O) groups excluding carboxylic acids is 1. The minimum absolute atomic E-state index is 0.113. The third kappa shape index (κ3) is 6.71. The molecule has 196 valence electrons. The van der Waals surface area contributed by atoms with E-state index in [1.165, 1.54) is 38.5 Å². The van der Waals surface area contributed by atoms with Gasteiger partial charge in [0, 0.05) is 35.4 Å². The zero-order chi connectivity index (χ0) is 25.6. The number of allylic oxidation sites excluding steroid dienone is 2. The number of phenolic OH excluding ortho intramolecular Hbond substituents is 2. The molecular weight excluding hydrogens is 460 g/mol. The molecule has 0 spiro atoms. The van der Waals surface area contributed by atoms with Crippen molar-refractivity contribution in [2.24, 2.45) is 0 Å². The van der Waals surface area contributed by atoms with Gasteiger partial charge in [0.2, 0.25) is 0 Å². The van der Waals surface area contributed by atoms with Gasteiger partial charge in [-0.1, -0.05) is 25.0 Å². The van der Waals surface area contributed by atoms with E-state index >= 15 is 0 Å². The first-order valence-electron chi connectivity index (χ1n) is 14.1. The average molecular weight is 501 g/mol. The van der Waals surface area contributed by atoms with Crippen LogP contribution in [0, 0.1) is 0 Å². The Kier molecular flexibility index (Phi) is 8.42. The van der Waals surface area contributed by atoms with E-state index in [9.17, 15) is 15.0 Å². The highest BCUT2D eigenvalue weighted by Gasteiger charge is 2.21. The summed E-state index contributed by atoms with van der Waals surface area (Å²) in [6.07, 6.45) is 13.9. The lowest BCUT2D eigenvalue weighted by Gasteiger charge is -2.26. The second-order valence-electron chi connectivity index (χ2n) is 11.0. The van der Waals surface area contributed by atoms with Crippen LogP contribution in [0.3, 0.4) is 0 Å². The lowest BCUT2D eigenvalue weighted by Crippen LogP contribution is -2.29. The van der Waals surface area contributed by atoms with Crippen molar-refractivity contribution in [3.05, 3.63) is 69.8 Å². The molecule has 2 aromatic carbocycles. The van der Waals surface area contributed by atoms with Crippen LogP contribution in [0.2, 0.25) is 0 Å². The van der Waals surface area contributed by atoms with E-state index in [1.54, 1.807) is 12.1 Å². The lowest BCUT2D eigenvalue weighted by molar-refractivity contribution is -0.112. The average Bonchev–Trinajstić information content (AvgIpc) is 2.91. The van der Waals surface area contributed by atoms with E-state index < -0.39 is 0 Å². The van der Waals surface area contributed by atoms with Crippen molar-refractivity contribution < 1.29 is 15.0 Å². The molecule has 3 fully saturated rings. The molecule has 5 nitrogen and oxygen atoms in total. The zero-order valence-electron chi connectivity index (χ0n) is 21.9. The number of piperidine rings is 2. The Morgan fingerprint density at radius 2 is 1.05 bits per heavy atom. The summed E-state index contributed by atoms with van der Waals surface area (Å²) >= 11 is 0. The van der Waals surface area contributed by atoms with Crippen molar-refractivity contribution in [2.75, 3.05) is 26.2 Å². The predicted molar refractivity (Wildman–Crippen MR) is 149 cm³/mol. The van der Waals surface area contributed by atoms with Crippen LogP contribution in [0.5, 0.6) is 11.5 Å². The van der Waals surface area contributed by atoms with Crippen molar-refractivity contribution in [3.8, 4) is 11.5 Å². The number of benzene rings is 2. The SMILES string of the molecule is O=C1C(=Cc2ccc(O)c(CN3CCCCC3)c2)CCCC1=Cc1ccc(O)c(CN2CCCCC2)c1. The summed E-state index contributed by atoms with van der Waals surface area (Å²) in [6.45, 7) is 5.82.